The van der Waals surface area contributed by atoms with E-state index < -0.39 is 11.9 Å². The Balaban J connectivity index is 2.86. The minimum absolute atomic E-state index is 0.0307. The van der Waals surface area contributed by atoms with E-state index in [1.54, 1.807) is 12.1 Å². The first-order chi connectivity index (χ1) is 7.95. The van der Waals surface area contributed by atoms with Gasteiger partial charge in [-0.25, -0.2) is 0 Å². The highest BCUT2D eigenvalue weighted by molar-refractivity contribution is 5.79. The van der Waals surface area contributed by atoms with Gasteiger partial charge < -0.3 is 16.2 Å². The van der Waals surface area contributed by atoms with Gasteiger partial charge in [0.2, 0.25) is 5.91 Å². The molecule has 0 fully saturated rings. The van der Waals surface area contributed by atoms with E-state index in [0.29, 0.717) is 11.3 Å². The van der Waals surface area contributed by atoms with Gasteiger partial charge in [0.15, 0.2) is 0 Å². The molecular weight excluding hydrogens is 218 g/mol. The van der Waals surface area contributed by atoms with Crippen molar-refractivity contribution in [3.8, 4) is 11.8 Å². The monoisotopic (exact) mass is 233 g/mol. The van der Waals surface area contributed by atoms with Crippen LogP contribution in [0.15, 0.2) is 12.1 Å². The van der Waals surface area contributed by atoms with Crippen molar-refractivity contribution >= 4 is 5.91 Å². The largest absolute Gasteiger partial charge is 0.491 e. The second kappa shape index (κ2) is 5.32. The number of carbonyl (C=O) groups is 1. The molecule has 1 atom stereocenters. The van der Waals surface area contributed by atoms with Gasteiger partial charge >= 0.3 is 0 Å². The van der Waals surface area contributed by atoms with Crippen LogP contribution in [0, 0.1) is 25.2 Å². The maximum atomic E-state index is 10.8. The van der Waals surface area contributed by atoms with Crippen LogP contribution >= 0.6 is 0 Å². The molecule has 0 aromatic heterocycles. The molecule has 17 heavy (non-hydrogen) atoms. The Hall–Kier alpha value is -2.06. The van der Waals surface area contributed by atoms with Crippen LogP contribution in [0.25, 0.3) is 0 Å². The zero-order chi connectivity index (χ0) is 13.0. The van der Waals surface area contributed by atoms with Crippen molar-refractivity contribution in [2.45, 2.75) is 19.9 Å². The lowest BCUT2D eigenvalue weighted by Gasteiger charge is -2.14. The van der Waals surface area contributed by atoms with Crippen LogP contribution in [0.4, 0.5) is 0 Å². The summed E-state index contributed by atoms with van der Waals surface area (Å²) in [7, 11) is 0. The van der Waals surface area contributed by atoms with Crippen LogP contribution < -0.4 is 16.2 Å². The Morgan fingerprint density at radius 1 is 1.47 bits per heavy atom. The molecule has 0 saturated heterocycles. The molecule has 90 valence electrons. The topological polar surface area (TPSA) is 102 Å². The van der Waals surface area contributed by atoms with Gasteiger partial charge in [-0.3, -0.25) is 4.79 Å². The summed E-state index contributed by atoms with van der Waals surface area (Å²) in [6.45, 7) is 3.70. The third-order valence-corrected chi connectivity index (χ3v) is 2.36. The number of amides is 1. The lowest BCUT2D eigenvalue weighted by atomic mass is 10.1. The van der Waals surface area contributed by atoms with Crippen LogP contribution in [0.5, 0.6) is 5.75 Å². The smallest absolute Gasteiger partial charge is 0.237 e. The molecule has 1 rings (SSSR count). The van der Waals surface area contributed by atoms with Crippen molar-refractivity contribution in [3.05, 3.63) is 28.8 Å². The molecule has 1 aromatic rings. The van der Waals surface area contributed by atoms with Crippen LogP contribution in [-0.4, -0.2) is 18.6 Å². The summed E-state index contributed by atoms with van der Waals surface area (Å²) in [5, 5.41) is 8.80. The number of ether oxygens (including phenoxy) is 1. The molecule has 1 aromatic carbocycles. The molecule has 0 spiro atoms. The Morgan fingerprint density at radius 2 is 2.00 bits per heavy atom. The molecule has 0 aliphatic carbocycles. The first-order valence-electron chi connectivity index (χ1n) is 5.14. The number of rotatable bonds is 4. The molecule has 0 aliphatic heterocycles. The first kappa shape index (κ1) is 13.0. The van der Waals surface area contributed by atoms with Gasteiger partial charge in [0.1, 0.15) is 18.4 Å². The number of benzene rings is 1. The van der Waals surface area contributed by atoms with E-state index in [2.05, 4.69) is 6.07 Å². The van der Waals surface area contributed by atoms with Gasteiger partial charge in [-0.2, -0.15) is 5.26 Å². The lowest BCUT2D eigenvalue weighted by Crippen LogP contribution is -2.41. The molecule has 5 nitrogen and oxygen atoms in total. The molecule has 0 radical (unpaired) electrons. The van der Waals surface area contributed by atoms with Crippen LogP contribution in [0.2, 0.25) is 0 Å². The summed E-state index contributed by atoms with van der Waals surface area (Å²) in [5.41, 5.74) is 12.7. The minimum atomic E-state index is -0.829. The Labute approximate surface area is 100.0 Å². The molecule has 5 heteroatoms. The summed E-state index contributed by atoms with van der Waals surface area (Å²) < 4.78 is 5.45. The van der Waals surface area contributed by atoms with Gasteiger partial charge in [-0.05, 0) is 37.1 Å². The van der Waals surface area contributed by atoms with E-state index in [1.165, 1.54) is 0 Å². The summed E-state index contributed by atoms with van der Waals surface area (Å²) in [6, 6.07) is 4.68. The lowest BCUT2D eigenvalue weighted by molar-refractivity contribution is -0.119. The fourth-order valence-electron chi connectivity index (χ4n) is 1.50. The highest BCUT2D eigenvalue weighted by Gasteiger charge is 2.12. The number of nitriles is 1. The molecule has 0 heterocycles. The maximum absolute atomic E-state index is 10.8. The molecule has 1 amide bonds. The fourth-order valence-corrected chi connectivity index (χ4v) is 1.50. The Bertz CT molecular complexity index is 454. The van der Waals surface area contributed by atoms with E-state index >= 15 is 0 Å². The zero-order valence-electron chi connectivity index (χ0n) is 9.86. The first-order valence-corrected chi connectivity index (χ1v) is 5.14. The van der Waals surface area contributed by atoms with Crippen LogP contribution in [0.3, 0.4) is 0 Å². The normalized spacial score (nSPS) is 11.6. The molecule has 0 saturated carbocycles. The fraction of sp³-hybridized carbons (Fsp3) is 0.333. The third-order valence-electron chi connectivity index (χ3n) is 2.36. The molecular formula is C12H15N3O2. The van der Waals surface area contributed by atoms with Gasteiger partial charge in [-0.15, -0.1) is 0 Å². The van der Waals surface area contributed by atoms with Crippen molar-refractivity contribution in [2.75, 3.05) is 6.61 Å². The second-order valence-corrected chi connectivity index (χ2v) is 3.87. The van der Waals surface area contributed by atoms with Crippen molar-refractivity contribution in [1.82, 2.24) is 0 Å². The average Bonchev–Trinajstić information content (AvgIpc) is 2.27. The summed E-state index contributed by atoms with van der Waals surface area (Å²) in [6.07, 6.45) is 0. The van der Waals surface area contributed by atoms with Gasteiger partial charge in [-0.1, -0.05) is 0 Å². The van der Waals surface area contributed by atoms with E-state index in [4.69, 9.17) is 21.5 Å². The van der Waals surface area contributed by atoms with E-state index in [9.17, 15) is 4.79 Å². The van der Waals surface area contributed by atoms with E-state index in [0.717, 1.165) is 11.1 Å². The number of hydrogen-bond acceptors (Lipinski definition) is 4. The van der Waals surface area contributed by atoms with E-state index in [1.807, 2.05) is 13.8 Å². The highest BCUT2D eigenvalue weighted by atomic mass is 16.5. The Kier molecular flexibility index (Phi) is 4.07. The maximum Gasteiger partial charge on any atom is 0.237 e. The molecule has 0 aliphatic rings. The molecule has 0 bridgehead atoms. The number of nitrogens with zero attached hydrogens (tertiary/aromatic N) is 1. The summed E-state index contributed by atoms with van der Waals surface area (Å²) >= 11 is 0. The Morgan fingerprint density at radius 3 is 2.41 bits per heavy atom. The zero-order valence-corrected chi connectivity index (χ0v) is 9.86. The predicted octanol–water partition coefficient (Wildman–Crippen LogP) is 0.367. The van der Waals surface area contributed by atoms with Crippen LogP contribution in [0.1, 0.15) is 16.7 Å². The third kappa shape index (κ3) is 3.20. The van der Waals surface area contributed by atoms with Crippen molar-refractivity contribution in [2.24, 2.45) is 11.5 Å². The molecule has 1 unspecified atom stereocenters. The quantitative estimate of drug-likeness (QED) is 0.784. The predicted molar refractivity (Wildman–Crippen MR) is 63.3 cm³/mol. The minimum Gasteiger partial charge on any atom is -0.491 e. The average molecular weight is 233 g/mol. The number of nitrogens with two attached hydrogens (primary N) is 2. The highest BCUT2D eigenvalue weighted by Crippen LogP contribution is 2.24. The summed E-state index contributed by atoms with van der Waals surface area (Å²) in [4.78, 5) is 10.8. The number of hydrogen-bond donors (Lipinski definition) is 2. The molecule has 4 N–H and O–H groups in total. The van der Waals surface area contributed by atoms with Crippen molar-refractivity contribution in [1.29, 1.82) is 5.26 Å². The second-order valence-electron chi connectivity index (χ2n) is 3.87. The SMILES string of the molecule is Cc1cc(C#N)cc(C)c1OCC(N)C(N)=O. The van der Waals surface area contributed by atoms with Gasteiger partial charge in [0.25, 0.3) is 0 Å². The standard InChI is InChI=1S/C12H15N3O2/c1-7-3-9(5-13)4-8(2)11(7)17-6-10(14)12(15)16/h3-4,10H,6,14H2,1-2H3,(H2,15,16). The number of carbonyl (C=O) groups excluding carboxylic acids is 1. The van der Waals surface area contributed by atoms with Crippen molar-refractivity contribution < 1.29 is 9.53 Å². The van der Waals surface area contributed by atoms with Crippen LogP contribution in [-0.2, 0) is 4.79 Å². The van der Waals surface area contributed by atoms with Crippen molar-refractivity contribution in [3.63, 3.8) is 0 Å². The van der Waals surface area contributed by atoms with Gasteiger partial charge in [0, 0.05) is 0 Å². The number of aryl methyl sites for hydroxylation is 2. The van der Waals surface area contributed by atoms with E-state index in [-0.39, 0.29) is 6.61 Å². The van der Waals surface area contributed by atoms with Gasteiger partial charge in [0.05, 0.1) is 11.6 Å². The summed E-state index contributed by atoms with van der Waals surface area (Å²) in [5.74, 6) is 0.0367. The number of primary amides is 1.